The van der Waals surface area contributed by atoms with Gasteiger partial charge in [0.2, 0.25) is 14.3 Å². The van der Waals surface area contributed by atoms with E-state index in [0.717, 1.165) is 29.5 Å². The van der Waals surface area contributed by atoms with Gasteiger partial charge in [0, 0.05) is 47.1 Å². The first-order chi connectivity index (χ1) is 25.6. The average Bonchev–Trinajstić information content (AvgIpc) is 3.55. The van der Waals surface area contributed by atoms with Gasteiger partial charge in [0.1, 0.15) is 0 Å². The highest BCUT2D eigenvalue weighted by molar-refractivity contribution is 6.72. The Kier molecular flexibility index (Phi) is 11.3. The van der Waals surface area contributed by atoms with Gasteiger partial charge in [-0.05, 0) is 107 Å². The van der Waals surface area contributed by atoms with Crippen LogP contribution in [0.15, 0.2) is 90.0 Å². The van der Waals surface area contributed by atoms with Crippen LogP contribution in [0.25, 0.3) is 0 Å². The van der Waals surface area contributed by atoms with Crippen molar-refractivity contribution >= 4 is 43.2 Å². The molecule has 3 aromatic carbocycles. The van der Waals surface area contributed by atoms with Gasteiger partial charge in [0.25, 0.3) is 11.8 Å². The molecule has 0 aliphatic carbocycles. The van der Waals surface area contributed by atoms with E-state index in [0.29, 0.717) is 41.2 Å². The summed E-state index contributed by atoms with van der Waals surface area (Å²) in [4.78, 5) is 45.8. The Hall–Kier alpha value is -4.58. The van der Waals surface area contributed by atoms with Gasteiger partial charge in [-0.2, -0.15) is 0 Å². The molecule has 3 heterocycles. The number of aliphatic hydroxyl groups excluding tert-OH is 1. The largest absolute Gasteiger partial charge is 0.399 e. The zero-order valence-electron chi connectivity index (χ0n) is 32.2. The van der Waals surface area contributed by atoms with Crippen LogP contribution in [0.1, 0.15) is 74.0 Å². The lowest BCUT2D eigenvalue weighted by atomic mass is 9.82. The molecule has 0 aromatic heterocycles. The SMILES string of the molecule is CC(C)=CCC/C(C)=C/CN1C(=O)[C@@]2(O[C@@H](CC(=O)N3Cc4ccccc4C[C@H]3CO)[C@H]([Si](C)(C)F)[C@H]2C)c2cc(NC(=O)c3ccc(N)cc3)ccc21. The number of amides is 3. The predicted molar refractivity (Wildman–Crippen MR) is 214 cm³/mol. The summed E-state index contributed by atoms with van der Waals surface area (Å²) in [7, 11) is -3.58. The van der Waals surface area contributed by atoms with Crippen LogP contribution in [-0.2, 0) is 32.9 Å². The molecule has 0 saturated carbocycles. The number of aliphatic hydroxyl groups is 1. The topological polar surface area (TPSA) is 125 Å². The molecule has 11 heteroatoms. The third-order valence-corrected chi connectivity index (χ3v) is 13.8. The van der Waals surface area contributed by atoms with Gasteiger partial charge in [-0.3, -0.25) is 14.4 Å². The van der Waals surface area contributed by atoms with Crippen molar-refractivity contribution in [1.29, 1.82) is 0 Å². The molecule has 0 bridgehead atoms. The van der Waals surface area contributed by atoms with Gasteiger partial charge >= 0.3 is 0 Å². The molecule has 3 aliphatic rings. The number of nitrogens with one attached hydrogen (secondary N) is 1. The van der Waals surface area contributed by atoms with E-state index in [-0.39, 0.29) is 37.3 Å². The summed E-state index contributed by atoms with van der Waals surface area (Å²) in [6.45, 7) is 11.7. The fourth-order valence-corrected chi connectivity index (χ4v) is 11.1. The molecule has 286 valence electrons. The van der Waals surface area contributed by atoms with Crippen molar-refractivity contribution in [3.63, 3.8) is 0 Å². The highest BCUT2D eigenvalue weighted by atomic mass is 28.4. The highest BCUT2D eigenvalue weighted by Gasteiger charge is 2.67. The van der Waals surface area contributed by atoms with Crippen molar-refractivity contribution in [1.82, 2.24) is 4.90 Å². The fourth-order valence-electron chi connectivity index (χ4n) is 8.61. The number of benzene rings is 3. The number of nitrogens with zero attached hydrogens (tertiary/aromatic N) is 2. The number of hydrogen-bond acceptors (Lipinski definition) is 6. The van der Waals surface area contributed by atoms with Crippen LogP contribution in [0, 0.1) is 5.92 Å². The Morgan fingerprint density at radius 2 is 1.76 bits per heavy atom. The first kappa shape index (κ1) is 39.1. The Labute approximate surface area is 319 Å². The van der Waals surface area contributed by atoms with Crippen LogP contribution in [0.3, 0.4) is 0 Å². The minimum Gasteiger partial charge on any atom is -0.399 e. The zero-order valence-corrected chi connectivity index (χ0v) is 33.2. The molecule has 9 nitrogen and oxygen atoms in total. The normalized spacial score (nSPS) is 23.7. The molecule has 4 N–H and O–H groups in total. The van der Waals surface area contributed by atoms with E-state index >= 15 is 4.11 Å². The maximum absolute atomic E-state index is 16.6. The van der Waals surface area contributed by atoms with E-state index in [9.17, 15) is 19.5 Å². The first-order valence-electron chi connectivity index (χ1n) is 18.9. The second-order valence-corrected chi connectivity index (χ2v) is 19.7. The molecule has 1 spiro atoms. The molecular weight excluding hydrogens is 700 g/mol. The van der Waals surface area contributed by atoms with Crippen LogP contribution >= 0.6 is 0 Å². The molecular formula is C43H53FN4O5Si. The van der Waals surface area contributed by atoms with Crippen molar-refractivity contribution in [2.75, 3.05) is 29.1 Å². The predicted octanol–water partition coefficient (Wildman–Crippen LogP) is 7.67. The van der Waals surface area contributed by atoms with E-state index in [1.54, 1.807) is 59.3 Å². The van der Waals surface area contributed by atoms with Gasteiger partial charge in [-0.1, -0.05) is 54.5 Å². The zero-order chi connectivity index (χ0) is 38.9. The van der Waals surface area contributed by atoms with Gasteiger partial charge < -0.3 is 34.8 Å². The number of carbonyl (C=O) groups is 3. The number of rotatable bonds is 11. The molecule has 1 fully saturated rings. The van der Waals surface area contributed by atoms with Gasteiger partial charge in [0.15, 0.2) is 5.60 Å². The number of fused-ring (bicyclic) bond motifs is 3. The quantitative estimate of drug-likeness (QED) is 0.0800. The standard InChI is InChI=1S/C43H53FN4O5Si/c1-27(2)10-9-11-28(3)20-21-47-37-19-18-34(46-41(51)30-14-16-33(45)17-15-30)23-36(37)43(42(47)52)29(4)40(54(5,6)44)38(53-43)24-39(50)48-25-32-13-8-7-12-31(32)22-35(48)26-49/h7-8,10,12-20,23,29,35,38,40,49H,9,11,21-22,24-26,45H2,1-6H3,(H,46,51)/b28-20+/t29-,35+,38+,40-,43+/m1/s1. The van der Waals surface area contributed by atoms with Crippen LogP contribution in [0.5, 0.6) is 0 Å². The van der Waals surface area contributed by atoms with Crippen molar-refractivity contribution in [3.05, 3.63) is 112 Å². The summed E-state index contributed by atoms with van der Waals surface area (Å²) in [5.74, 6) is -1.53. The summed E-state index contributed by atoms with van der Waals surface area (Å²) in [6, 6.07) is 19.4. The minimum atomic E-state index is -3.58. The van der Waals surface area contributed by atoms with E-state index in [4.69, 9.17) is 10.5 Å². The monoisotopic (exact) mass is 752 g/mol. The summed E-state index contributed by atoms with van der Waals surface area (Å²) in [5, 5.41) is 13.3. The van der Waals surface area contributed by atoms with Crippen LogP contribution in [0.2, 0.25) is 18.6 Å². The molecule has 6 rings (SSSR count). The van der Waals surface area contributed by atoms with Gasteiger partial charge in [-0.25, -0.2) is 0 Å². The lowest BCUT2D eigenvalue weighted by Crippen LogP contribution is -2.48. The molecule has 0 unspecified atom stereocenters. The average molecular weight is 753 g/mol. The number of allylic oxidation sites excluding steroid dienone is 3. The summed E-state index contributed by atoms with van der Waals surface area (Å²) in [5.41, 5.74) is 10.6. The second-order valence-electron chi connectivity index (χ2n) is 15.9. The van der Waals surface area contributed by atoms with Gasteiger partial charge in [-0.15, -0.1) is 0 Å². The maximum atomic E-state index is 16.6. The number of carbonyl (C=O) groups excluding carboxylic acids is 3. The van der Waals surface area contributed by atoms with E-state index in [1.165, 1.54) is 5.57 Å². The first-order valence-corrected chi connectivity index (χ1v) is 21.9. The molecule has 3 aromatic rings. The molecule has 3 aliphatic heterocycles. The minimum absolute atomic E-state index is 0.130. The third kappa shape index (κ3) is 7.67. The lowest BCUT2D eigenvalue weighted by Gasteiger charge is -2.37. The third-order valence-electron chi connectivity index (χ3n) is 11.4. The van der Waals surface area contributed by atoms with Crippen LogP contribution < -0.4 is 16.0 Å². The van der Waals surface area contributed by atoms with Crippen molar-refractivity contribution < 1.29 is 28.3 Å². The number of hydrogen-bond donors (Lipinski definition) is 3. The van der Waals surface area contributed by atoms with Crippen molar-refractivity contribution in [2.45, 2.75) is 96.3 Å². The Morgan fingerprint density at radius 1 is 1.06 bits per heavy atom. The Morgan fingerprint density at radius 3 is 2.43 bits per heavy atom. The number of anilines is 3. The number of nitrogen functional groups attached to an aromatic ring is 1. The molecule has 54 heavy (non-hydrogen) atoms. The molecule has 0 radical (unpaired) electrons. The Balaban J connectivity index is 1.36. The van der Waals surface area contributed by atoms with Gasteiger partial charge in [0.05, 0.1) is 30.9 Å². The van der Waals surface area contributed by atoms with E-state index in [1.807, 2.05) is 50.3 Å². The van der Waals surface area contributed by atoms with Crippen molar-refractivity contribution in [2.24, 2.45) is 5.92 Å². The maximum Gasteiger partial charge on any atom is 0.264 e. The second kappa shape index (κ2) is 15.6. The van der Waals surface area contributed by atoms with E-state index in [2.05, 4.69) is 25.2 Å². The number of nitrogens with two attached hydrogens (primary N) is 1. The molecule has 1 saturated heterocycles. The highest BCUT2D eigenvalue weighted by Crippen LogP contribution is 2.60. The lowest BCUT2D eigenvalue weighted by molar-refractivity contribution is -0.150. The van der Waals surface area contributed by atoms with Crippen molar-refractivity contribution in [3.8, 4) is 0 Å². The smallest absolute Gasteiger partial charge is 0.264 e. The Bertz CT molecular complexity index is 1970. The number of ether oxygens (including phenoxy) is 1. The molecule has 3 amide bonds. The van der Waals surface area contributed by atoms with E-state index < -0.39 is 37.6 Å². The summed E-state index contributed by atoms with van der Waals surface area (Å²) < 4.78 is 23.6. The summed E-state index contributed by atoms with van der Waals surface area (Å²) in [6.07, 6.45) is 5.47. The van der Waals surface area contributed by atoms with Crippen LogP contribution in [0.4, 0.5) is 21.2 Å². The summed E-state index contributed by atoms with van der Waals surface area (Å²) >= 11 is 0. The van der Waals surface area contributed by atoms with Crippen LogP contribution in [-0.4, -0.2) is 61.4 Å². The fraction of sp³-hybridized carbons (Fsp3) is 0.419. The number of halogens is 1. The molecule has 5 atom stereocenters.